The minimum atomic E-state index is -1.02. The molecule has 12 heteroatoms. The number of aliphatic hydroxyl groups excluding tert-OH is 1. The molecule has 0 spiro atoms. The predicted octanol–water partition coefficient (Wildman–Crippen LogP) is 2.17. The number of benzene rings is 1. The van der Waals surface area contributed by atoms with Crippen LogP contribution in [-0.2, 0) is 11.3 Å². The molecule has 1 heterocycles. The van der Waals surface area contributed by atoms with Gasteiger partial charge in [0.2, 0.25) is 5.75 Å². The smallest absolute Gasteiger partial charge is 0.315 e. The van der Waals surface area contributed by atoms with Crippen molar-refractivity contribution in [3.8, 4) is 23.6 Å². The number of ether oxygens (including phenoxy) is 1. The topological polar surface area (TPSA) is 174 Å². The Labute approximate surface area is 174 Å². The van der Waals surface area contributed by atoms with E-state index in [1.165, 1.54) is 13.1 Å². The van der Waals surface area contributed by atoms with Crippen LogP contribution in [0.4, 0.5) is 10.1 Å². The lowest BCUT2D eigenvalue weighted by Crippen LogP contribution is -2.28. The lowest BCUT2D eigenvalue weighted by atomic mass is 10.1. The van der Waals surface area contributed by atoms with Crippen LogP contribution in [0, 0.1) is 38.6 Å². The number of likely N-dealkylation sites (N-methyl/N-ethyl adjacent to an activating group) is 1. The quantitative estimate of drug-likeness (QED) is 0.230. The highest BCUT2D eigenvalue weighted by atomic mass is 19.1. The Morgan fingerprint density at radius 1 is 1.39 bits per heavy atom. The molecule has 0 saturated carbocycles. The summed E-state index contributed by atoms with van der Waals surface area (Å²) in [6, 6.07) is 6.14. The molecule has 31 heavy (non-hydrogen) atoms. The van der Waals surface area contributed by atoms with Crippen LogP contribution in [0.5, 0.6) is 11.5 Å². The monoisotopic (exact) mass is 427 g/mol. The summed E-state index contributed by atoms with van der Waals surface area (Å²) in [4.78, 5) is 27.3. The van der Waals surface area contributed by atoms with Gasteiger partial charge in [0.15, 0.2) is 11.3 Å². The first-order valence-corrected chi connectivity index (χ1v) is 8.33. The van der Waals surface area contributed by atoms with Gasteiger partial charge >= 0.3 is 5.69 Å². The maximum Gasteiger partial charge on any atom is 0.315 e. The summed E-state index contributed by atoms with van der Waals surface area (Å²) in [5, 5.41) is 49.6. The van der Waals surface area contributed by atoms with Gasteiger partial charge in [-0.25, -0.2) is 9.37 Å². The highest BCUT2D eigenvalue weighted by Crippen LogP contribution is 2.38. The fourth-order valence-electron chi connectivity index (χ4n) is 2.55. The third-order valence-corrected chi connectivity index (χ3v) is 4.11. The van der Waals surface area contributed by atoms with Gasteiger partial charge in [-0.1, -0.05) is 0 Å². The molecule has 0 aliphatic carbocycles. The van der Waals surface area contributed by atoms with Crippen molar-refractivity contribution in [1.29, 1.82) is 10.5 Å². The van der Waals surface area contributed by atoms with Crippen LogP contribution >= 0.6 is 0 Å². The summed E-state index contributed by atoms with van der Waals surface area (Å²) >= 11 is 0. The van der Waals surface area contributed by atoms with Crippen molar-refractivity contribution in [3.63, 3.8) is 0 Å². The number of hydrogen-bond acceptors (Lipinski definition) is 9. The van der Waals surface area contributed by atoms with Crippen LogP contribution in [0.25, 0.3) is 5.76 Å². The fraction of sp³-hybridized carbons (Fsp3) is 0.158. The molecule has 0 fully saturated rings. The highest BCUT2D eigenvalue weighted by Gasteiger charge is 2.26. The van der Waals surface area contributed by atoms with E-state index in [1.807, 2.05) is 0 Å². The standard InChI is InChI=1S/C19H14FN5O6/c1-24(9-11-3-12(6-21)23-8-14(11)20)19(28)13(7-22)17(26)10-4-15(25(29)30)18(27)16(5-10)31-2/h3-5,8,26-27H,9H2,1-2H3/b17-13-. The van der Waals surface area contributed by atoms with Gasteiger partial charge in [-0.2, -0.15) is 10.5 Å². The maximum absolute atomic E-state index is 13.9. The van der Waals surface area contributed by atoms with E-state index < -0.39 is 39.4 Å². The Bertz CT molecular complexity index is 1180. The van der Waals surface area contributed by atoms with E-state index in [2.05, 4.69) is 4.98 Å². The number of pyridine rings is 1. The van der Waals surface area contributed by atoms with Crippen molar-refractivity contribution in [2.24, 2.45) is 0 Å². The molecule has 11 nitrogen and oxygen atoms in total. The minimum Gasteiger partial charge on any atom is -0.506 e. The third-order valence-electron chi connectivity index (χ3n) is 4.11. The zero-order chi connectivity index (χ0) is 23.3. The van der Waals surface area contributed by atoms with Gasteiger partial charge < -0.3 is 19.8 Å². The van der Waals surface area contributed by atoms with Crippen molar-refractivity contribution in [2.75, 3.05) is 14.2 Å². The van der Waals surface area contributed by atoms with Gasteiger partial charge in [-0.15, -0.1) is 0 Å². The van der Waals surface area contributed by atoms with E-state index in [-0.39, 0.29) is 29.1 Å². The van der Waals surface area contributed by atoms with Crippen molar-refractivity contribution in [1.82, 2.24) is 9.88 Å². The van der Waals surface area contributed by atoms with Crippen LogP contribution in [0.15, 0.2) is 30.0 Å². The zero-order valence-corrected chi connectivity index (χ0v) is 16.2. The van der Waals surface area contributed by atoms with E-state index in [9.17, 15) is 34.8 Å². The number of phenolic OH excluding ortho intramolecular Hbond substituents is 1. The van der Waals surface area contributed by atoms with Gasteiger partial charge in [0.05, 0.1) is 18.2 Å². The summed E-state index contributed by atoms with van der Waals surface area (Å²) in [5.41, 5.74) is -2.08. The van der Waals surface area contributed by atoms with Gasteiger partial charge in [0, 0.05) is 30.8 Å². The molecule has 0 unspecified atom stereocenters. The first-order valence-electron chi connectivity index (χ1n) is 8.33. The second kappa shape index (κ2) is 9.19. The number of aliphatic hydroxyl groups is 1. The van der Waals surface area contributed by atoms with Crippen LogP contribution in [0.3, 0.4) is 0 Å². The number of nitro benzene ring substituents is 1. The third kappa shape index (κ3) is 4.65. The van der Waals surface area contributed by atoms with E-state index in [0.717, 1.165) is 36.4 Å². The van der Waals surface area contributed by atoms with Gasteiger partial charge in [-0.05, 0) is 12.1 Å². The number of nitriles is 2. The van der Waals surface area contributed by atoms with Crippen LogP contribution in [-0.4, -0.2) is 45.1 Å². The average Bonchev–Trinajstić information content (AvgIpc) is 2.75. The average molecular weight is 427 g/mol. The molecule has 1 amide bonds. The molecule has 0 bridgehead atoms. The number of aromatic nitrogens is 1. The van der Waals surface area contributed by atoms with Gasteiger partial charge in [0.25, 0.3) is 5.91 Å². The molecule has 1 aromatic heterocycles. The Morgan fingerprint density at radius 2 is 2.06 bits per heavy atom. The molecule has 1 aromatic carbocycles. The van der Waals surface area contributed by atoms with E-state index in [4.69, 9.17) is 10.00 Å². The molecular weight excluding hydrogens is 413 g/mol. The highest BCUT2D eigenvalue weighted by molar-refractivity contribution is 6.03. The van der Waals surface area contributed by atoms with Crippen LogP contribution < -0.4 is 4.74 Å². The second-order valence-electron chi connectivity index (χ2n) is 6.07. The zero-order valence-electron chi connectivity index (χ0n) is 16.2. The van der Waals surface area contributed by atoms with Crippen molar-refractivity contribution in [3.05, 3.63) is 62.7 Å². The van der Waals surface area contributed by atoms with Crippen LogP contribution in [0.2, 0.25) is 0 Å². The molecule has 0 atom stereocenters. The predicted molar refractivity (Wildman–Crippen MR) is 102 cm³/mol. The number of rotatable bonds is 6. The number of phenols is 1. The summed E-state index contributed by atoms with van der Waals surface area (Å²) in [6.07, 6.45) is 0.812. The van der Waals surface area contributed by atoms with Crippen molar-refractivity contribution in [2.45, 2.75) is 6.54 Å². The number of nitrogens with zero attached hydrogens (tertiary/aromatic N) is 5. The number of amides is 1. The molecular formula is C19H14FN5O6. The number of carbonyl (C=O) groups is 1. The van der Waals surface area contributed by atoms with Crippen LogP contribution in [0.1, 0.15) is 16.8 Å². The molecule has 2 N–H and O–H groups in total. The van der Waals surface area contributed by atoms with Crippen molar-refractivity contribution < 1.29 is 29.1 Å². The first-order chi connectivity index (χ1) is 14.6. The molecule has 0 aliphatic heterocycles. The number of carbonyl (C=O) groups excluding carboxylic acids is 1. The summed E-state index contributed by atoms with van der Waals surface area (Å²) in [6.45, 7) is -0.362. The van der Waals surface area contributed by atoms with E-state index in [0.29, 0.717) is 0 Å². The Hall–Kier alpha value is -4.71. The number of hydrogen-bond donors (Lipinski definition) is 2. The SMILES string of the molecule is COc1cc(/C(O)=C(\C#N)C(=O)N(C)Cc2cc(C#N)ncc2F)cc([N+](=O)[O-])c1O. The van der Waals surface area contributed by atoms with Gasteiger partial charge in [0.1, 0.15) is 29.4 Å². The molecule has 2 aromatic rings. The Morgan fingerprint density at radius 3 is 2.61 bits per heavy atom. The van der Waals surface area contributed by atoms with E-state index >= 15 is 0 Å². The number of aromatic hydroxyl groups is 1. The summed E-state index contributed by atoms with van der Waals surface area (Å²) in [5.74, 6) is -3.88. The fourth-order valence-corrected chi connectivity index (χ4v) is 2.55. The van der Waals surface area contributed by atoms with E-state index in [1.54, 1.807) is 6.07 Å². The number of nitro groups is 1. The first kappa shape index (κ1) is 22.6. The largest absolute Gasteiger partial charge is 0.506 e. The summed E-state index contributed by atoms with van der Waals surface area (Å²) in [7, 11) is 2.34. The molecule has 0 radical (unpaired) electrons. The molecule has 2 rings (SSSR count). The second-order valence-corrected chi connectivity index (χ2v) is 6.07. The number of halogens is 1. The lowest BCUT2D eigenvalue weighted by Gasteiger charge is -2.18. The minimum absolute atomic E-state index is 0.0545. The van der Waals surface area contributed by atoms with Crippen molar-refractivity contribution >= 4 is 17.4 Å². The van der Waals surface area contributed by atoms with Gasteiger partial charge in [-0.3, -0.25) is 14.9 Å². The Kier molecular flexibility index (Phi) is 6.69. The Balaban J connectivity index is 2.47. The normalized spacial score (nSPS) is 11.0. The maximum atomic E-state index is 13.9. The molecule has 0 aliphatic rings. The summed E-state index contributed by atoms with van der Waals surface area (Å²) < 4.78 is 18.8. The molecule has 158 valence electrons. The number of methoxy groups -OCH3 is 1. The molecule has 0 saturated heterocycles. The lowest BCUT2D eigenvalue weighted by molar-refractivity contribution is -0.386.